The van der Waals surface area contributed by atoms with E-state index in [1.54, 1.807) is 24.3 Å². The Morgan fingerprint density at radius 1 is 0.968 bits per heavy atom. The van der Waals surface area contributed by atoms with Gasteiger partial charge in [0, 0.05) is 0 Å². The maximum Gasteiger partial charge on any atom is 0.297 e. The maximum atomic E-state index is 12.7. The fourth-order valence-corrected chi connectivity index (χ4v) is 5.35. The number of rotatable bonds is 10. The molecule has 0 aliphatic carbocycles. The number of aryl methyl sites for hydroxylation is 2. The molecule has 0 aromatic heterocycles. The summed E-state index contributed by atoms with van der Waals surface area (Å²) in [7, 11) is -5.93. The third kappa shape index (κ3) is 7.56. The van der Waals surface area contributed by atoms with E-state index >= 15 is 0 Å². The number of hydrogen-bond acceptors (Lipinski definition) is 4. The molecule has 0 bridgehead atoms. The van der Waals surface area contributed by atoms with Gasteiger partial charge < -0.3 is 4.43 Å². The average molecular weight is 463 g/mol. The summed E-state index contributed by atoms with van der Waals surface area (Å²) >= 11 is 0. The standard InChI is InChI=1S/C25H38O4SSi/c1-20-13-17-23(18-14-20)30(26,27)28-19-24(29-31(6,7)25(3,4)5)21(2)15-16-22-11-9-8-10-12-22/h8-14,17-18,21,24H,15-16,19H2,1-7H3/t21-,24-/m1/s1. The summed E-state index contributed by atoms with van der Waals surface area (Å²) in [6.45, 7) is 15.0. The van der Waals surface area contributed by atoms with Gasteiger partial charge in [0.05, 0.1) is 17.6 Å². The molecule has 0 saturated heterocycles. The van der Waals surface area contributed by atoms with Crippen molar-refractivity contribution in [2.45, 2.75) is 76.6 Å². The molecule has 2 aromatic rings. The van der Waals surface area contributed by atoms with E-state index in [0.29, 0.717) is 0 Å². The fraction of sp³-hybridized carbons (Fsp3) is 0.520. The van der Waals surface area contributed by atoms with Crippen molar-refractivity contribution in [1.82, 2.24) is 0 Å². The Morgan fingerprint density at radius 2 is 1.55 bits per heavy atom. The van der Waals surface area contributed by atoms with Gasteiger partial charge >= 0.3 is 0 Å². The molecule has 6 heteroatoms. The summed E-state index contributed by atoms with van der Waals surface area (Å²) < 4.78 is 37.7. The third-order valence-electron chi connectivity index (χ3n) is 6.32. The average Bonchev–Trinajstić information content (AvgIpc) is 2.69. The van der Waals surface area contributed by atoms with Crippen LogP contribution < -0.4 is 0 Å². The van der Waals surface area contributed by atoms with Gasteiger partial charge in [0.1, 0.15) is 0 Å². The first-order valence-electron chi connectivity index (χ1n) is 11.0. The first-order valence-corrected chi connectivity index (χ1v) is 15.3. The maximum absolute atomic E-state index is 12.7. The van der Waals surface area contributed by atoms with Gasteiger partial charge in [-0.3, -0.25) is 4.18 Å². The van der Waals surface area contributed by atoms with Crippen molar-refractivity contribution < 1.29 is 17.0 Å². The molecule has 0 aliphatic rings. The van der Waals surface area contributed by atoms with Gasteiger partial charge in [0.25, 0.3) is 10.1 Å². The van der Waals surface area contributed by atoms with Gasteiger partial charge in [0.15, 0.2) is 8.32 Å². The predicted molar refractivity (Wildman–Crippen MR) is 130 cm³/mol. The van der Waals surface area contributed by atoms with Crippen LogP contribution in [-0.4, -0.2) is 29.4 Å². The summed E-state index contributed by atoms with van der Waals surface area (Å²) in [6, 6.07) is 17.1. The highest BCUT2D eigenvalue weighted by Crippen LogP contribution is 2.38. The Kier molecular flexibility index (Phi) is 8.67. The van der Waals surface area contributed by atoms with E-state index < -0.39 is 18.4 Å². The molecule has 0 N–H and O–H groups in total. The van der Waals surface area contributed by atoms with Crippen LogP contribution in [0.3, 0.4) is 0 Å². The van der Waals surface area contributed by atoms with Crippen LogP contribution in [0.15, 0.2) is 59.5 Å². The van der Waals surface area contributed by atoms with E-state index in [4.69, 9.17) is 8.61 Å². The second-order valence-corrected chi connectivity index (χ2v) is 16.3. The van der Waals surface area contributed by atoms with Crippen LogP contribution in [0, 0.1) is 12.8 Å². The topological polar surface area (TPSA) is 52.6 Å². The molecule has 2 atom stereocenters. The van der Waals surface area contributed by atoms with E-state index in [1.165, 1.54) is 5.56 Å². The molecule has 0 spiro atoms. The van der Waals surface area contributed by atoms with E-state index in [-0.39, 0.29) is 28.6 Å². The number of benzene rings is 2. The van der Waals surface area contributed by atoms with Crippen LogP contribution in [0.25, 0.3) is 0 Å². The molecule has 0 fully saturated rings. The normalized spacial score (nSPS) is 14.9. The monoisotopic (exact) mass is 462 g/mol. The zero-order valence-corrected chi connectivity index (χ0v) is 21.8. The Balaban J connectivity index is 2.15. The Labute approximate surface area is 190 Å². The lowest BCUT2D eigenvalue weighted by molar-refractivity contribution is 0.0716. The van der Waals surface area contributed by atoms with Crippen molar-refractivity contribution in [3.05, 3.63) is 65.7 Å². The largest absolute Gasteiger partial charge is 0.411 e. The van der Waals surface area contributed by atoms with Gasteiger partial charge in [-0.25, -0.2) is 0 Å². The summed E-state index contributed by atoms with van der Waals surface area (Å²) in [4.78, 5) is 0.182. The van der Waals surface area contributed by atoms with Crippen LogP contribution >= 0.6 is 0 Å². The summed E-state index contributed by atoms with van der Waals surface area (Å²) in [5, 5.41) is 0.0280. The van der Waals surface area contributed by atoms with E-state index in [9.17, 15) is 8.42 Å². The van der Waals surface area contributed by atoms with Crippen LogP contribution in [0.1, 0.15) is 45.2 Å². The quantitative estimate of drug-likeness (QED) is 0.304. The minimum absolute atomic E-state index is 0.0265. The zero-order valence-electron chi connectivity index (χ0n) is 20.0. The highest BCUT2D eigenvalue weighted by molar-refractivity contribution is 7.86. The second kappa shape index (κ2) is 10.4. The lowest BCUT2D eigenvalue weighted by Crippen LogP contribution is -2.47. The third-order valence-corrected chi connectivity index (χ3v) is 12.1. The van der Waals surface area contributed by atoms with E-state index in [1.807, 2.05) is 25.1 Å². The Hall–Kier alpha value is -1.47. The van der Waals surface area contributed by atoms with Crippen molar-refractivity contribution in [3.63, 3.8) is 0 Å². The van der Waals surface area contributed by atoms with Gasteiger partial charge in [-0.1, -0.05) is 75.7 Å². The highest BCUT2D eigenvalue weighted by atomic mass is 32.2. The zero-order chi connectivity index (χ0) is 23.3. The molecule has 2 aromatic carbocycles. The highest BCUT2D eigenvalue weighted by Gasteiger charge is 2.40. The molecule has 4 nitrogen and oxygen atoms in total. The van der Waals surface area contributed by atoms with Crippen LogP contribution in [-0.2, 0) is 25.1 Å². The van der Waals surface area contributed by atoms with E-state index in [0.717, 1.165) is 18.4 Å². The summed E-state index contributed by atoms with van der Waals surface area (Å²) in [6.07, 6.45) is 1.53. The smallest absolute Gasteiger partial charge is 0.297 e. The SMILES string of the molecule is Cc1ccc(S(=O)(=O)OC[C@@H](O[Si](C)(C)C(C)(C)C)[C@H](C)CCc2ccccc2)cc1. The molecule has 0 heterocycles. The minimum atomic E-state index is -3.83. The molecule has 0 unspecified atom stereocenters. The lowest BCUT2D eigenvalue weighted by Gasteiger charge is -2.40. The second-order valence-electron chi connectivity index (χ2n) is 9.97. The molecular weight excluding hydrogens is 424 g/mol. The first kappa shape index (κ1) is 25.8. The Bertz CT molecular complexity index is 916. The molecule has 0 aliphatic heterocycles. The van der Waals surface area contributed by atoms with Crippen molar-refractivity contribution in [2.75, 3.05) is 6.61 Å². The minimum Gasteiger partial charge on any atom is -0.411 e. The first-order chi connectivity index (χ1) is 14.3. The van der Waals surface area contributed by atoms with Crippen molar-refractivity contribution in [3.8, 4) is 0 Å². The van der Waals surface area contributed by atoms with Crippen molar-refractivity contribution in [1.29, 1.82) is 0 Å². The van der Waals surface area contributed by atoms with Crippen LogP contribution in [0.2, 0.25) is 18.1 Å². The number of hydrogen-bond donors (Lipinski definition) is 0. The molecule has 2 rings (SSSR count). The molecule has 0 saturated carbocycles. The molecule has 172 valence electrons. The van der Waals surface area contributed by atoms with Gasteiger partial charge in [-0.15, -0.1) is 0 Å². The van der Waals surface area contributed by atoms with Gasteiger partial charge in [-0.2, -0.15) is 8.42 Å². The molecule has 31 heavy (non-hydrogen) atoms. The van der Waals surface area contributed by atoms with Crippen molar-refractivity contribution in [2.24, 2.45) is 5.92 Å². The van der Waals surface area contributed by atoms with Crippen molar-refractivity contribution >= 4 is 18.4 Å². The summed E-state index contributed by atoms with van der Waals surface area (Å²) in [5.74, 6) is 0.155. The van der Waals surface area contributed by atoms with Gasteiger partial charge in [0.2, 0.25) is 0 Å². The van der Waals surface area contributed by atoms with E-state index in [2.05, 4.69) is 52.9 Å². The molecule has 0 radical (unpaired) electrons. The summed E-state index contributed by atoms with van der Waals surface area (Å²) in [5.41, 5.74) is 2.28. The molecular formula is C25H38O4SSi. The van der Waals surface area contributed by atoms with Gasteiger partial charge in [-0.05, 0) is 61.5 Å². The van der Waals surface area contributed by atoms with Crippen LogP contribution in [0.5, 0.6) is 0 Å². The predicted octanol–water partition coefficient (Wildman–Crippen LogP) is 6.36. The lowest BCUT2D eigenvalue weighted by atomic mass is 9.96. The molecule has 0 amide bonds. The van der Waals surface area contributed by atoms with Crippen LogP contribution in [0.4, 0.5) is 0 Å². The Morgan fingerprint density at radius 3 is 2.10 bits per heavy atom. The fourth-order valence-electron chi connectivity index (χ4n) is 3.02.